The van der Waals surface area contributed by atoms with Gasteiger partial charge in [0.05, 0.1) is 5.25 Å². The summed E-state index contributed by atoms with van der Waals surface area (Å²) in [6.45, 7) is 5.23. The van der Waals surface area contributed by atoms with E-state index in [-0.39, 0.29) is 5.41 Å². The van der Waals surface area contributed by atoms with Gasteiger partial charge in [-0.15, -0.1) is 0 Å². The highest BCUT2D eigenvalue weighted by Crippen LogP contribution is 2.36. The van der Waals surface area contributed by atoms with Gasteiger partial charge in [-0.25, -0.2) is 0 Å². The highest BCUT2D eigenvalue weighted by atomic mass is 32.2. The van der Waals surface area contributed by atoms with Gasteiger partial charge < -0.3 is 10.3 Å². The minimum absolute atomic E-state index is 0.253. The van der Waals surface area contributed by atoms with Crippen LogP contribution in [0, 0.1) is 5.41 Å². The Balaban J connectivity index is 1.86. The number of rotatable bonds is 6. The van der Waals surface area contributed by atoms with Crippen LogP contribution < -0.4 is 5.73 Å². The first kappa shape index (κ1) is 14.9. The number of nitrogens with zero attached hydrogens (tertiary/aromatic N) is 2. The molecule has 1 atom stereocenters. The van der Waals surface area contributed by atoms with E-state index >= 15 is 0 Å². The fourth-order valence-corrected chi connectivity index (χ4v) is 3.64. The first-order valence-corrected chi connectivity index (χ1v) is 8.30. The van der Waals surface area contributed by atoms with E-state index in [0.717, 1.165) is 37.5 Å². The Kier molecular flexibility index (Phi) is 5.28. The Labute approximate surface area is 119 Å². The highest BCUT2D eigenvalue weighted by Gasteiger charge is 2.23. The first-order chi connectivity index (χ1) is 9.11. The molecule has 108 valence electrons. The molecule has 4 nitrogen and oxygen atoms in total. The SMILES string of the molecule is CC(C)(CCN)CCc1nc(C2CCCCS2)no1. The fourth-order valence-electron chi connectivity index (χ4n) is 2.41. The first-order valence-electron chi connectivity index (χ1n) is 7.25. The molecular weight excluding hydrogens is 258 g/mol. The van der Waals surface area contributed by atoms with Crippen LogP contribution in [0.15, 0.2) is 4.52 Å². The molecule has 0 aliphatic carbocycles. The molecule has 1 aromatic heterocycles. The van der Waals surface area contributed by atoms with E-state index in [9.17, 15) is 0 Å². The molecule has 0 radical (unpaired) electrons. The monoisotopic (exact) mass is 283 g/mol. The lowest BCUT2D eigenvalue weighted by molar-refractivity contribution is 0.288. The molecule has 2 rings (SSSR count). The summed E-state index contributed by atoms with van der Waals surface area (Å²) < 4.78 is 5.39. The molecule has 2 N–H and O–H groups in total. The summed E-state index contributed by atoms with van der Waals surface area (Å²) in [4.78, 5) is 4.57. The average Bonchev–Trinajstić information content (AvgIpc) is 2.86. The smallest absolute Gasteiger partial charge is 0.226 e. The van der Waals surface area contributed by atoms with Crippen molar-refractivity contribution in [3.8, 4) is 0 Å². The third kappa shape index (κ3) is 4.49. The van der Waals surface area contributed by atoms with Gasteiger partial charge in [-0.2, -0.15) is 16.7 Å². The van der Waals surface area contributed by atoms with Gasteiger partial charge in [0.15, 0.2) is 5.82 Å². The summed E-state index contributed by atoms with van der Waals surface area (Å²) in [5.41, 5.74) is 5.88. The molecule has 1 aromatic rings. The van der Waals surface area contributed by atoms with Crippen molar-refractivity contribution in [2.75, 3.05) is 12.3 Å². The van der Waals surface area contributed by atoms with Crippen molar-refractivity contribution >= 4 is 11.8 Å². The number of nitrogens with two attached hydrogens (primary N) is 1. The van der Waals surface area contributed by atoms with Crippen molar-refractivity contribution in [1.82, 2.24) is 10.1 Å². The van der Waals surface area contributed by atoms with Gasteiger partial charge in [-0.05, 0) is 43.4 Å². The minimum atomic E-state index is 0.253. The maximum Gasteiger partial charge on any atom is 0.226 e. The third-order valence-electron chi connectivity index (χ3n) is 3.79. The summed E-state index contributed by atoms with van der Waals surface area (Å²) in [5, 5.41) is 4.60. The summed E-state index contributed by atoms with van der Waals surface area (Å²) in [6, 6.07) is 0. The summed E-state index contributed by atoms with van der Waals surface area (Å²) in [5.74, 6) is 2.90. The Morgan fingerprint density at radius 1 is 1.37 bits per heavy atom. The van der Waals surface area contributed by atoms with E-state index in [2.05, 4.69) is 24.0 Å². The maximum atomic E-state index is 5.63. The van der Waals surface area contributed by atoms with Crippen molar-refractivity contribution in [2.24, 2.45) is 11.1 Å². The lowest BCUT2D eigenvalue weighted by atomic mass is 9.84. The van der Waals surface area contributed by atoms with Crippen molar-refractivity contribution in [3.05, 3.63) is 11.7 Å². The van der Waals surface area contributed by atoms with Crippen LogP contribution in [-0.4, -0.2) is 22.4 Å². The largest absolute Gasteiger partial charge is 0.339 e. The molecule has 0 amide bonds. The molecule has 1 unspecified atom stereocenters. The van der Waals surface area contributed by atoms with Crippen LogP contribution in [0.4, 0.5) is 0 Å². The zero-order valence-electron chi connectivity index (χ0n) is 12.0. The van der Waals surface area contributed by atoms with E-state index in [1.165, 1.54) is 25.0 Å². The zero-order valence-corrected chi connectivity index (χ0v) is 12.8. The molecule has 0 aromatic carbocycles. The van der Waals surface area contributed by atoms with Crippen molar-refractivity contribution < 1.29 is 4.52 Å². The maximum absolute atomic E-state index is 5.63. The quantitative estimate of drug-likeness (QED) is 0.867. The van der Waals surface area contributed by atoms with Gasteiger partial charge >= 0.3 is 0 Å². The van der Waals surface area contributed by atoms with Gasteiger partial charge in [0.1, 0.15) is 0 Å². The van der Waals surface area contributed by atoms with Crippen LogP contribution in [-0.2, 0) is 6.42 Å². The molecule has 0 spiro atoms. The summed E-state index contributed by atoms with van der Waals surface area (Å²) in [6.07, 6.45) is 6.72. The van der Waals surface area contributed by atoms with Crippen LogP contribution in [0.25, 0.3) is 0 Å². The fraction of sp³-hybridized carbons (Fsp3) is 0.857. The van der Waals surface area contributed by atoms with Crippen molar-refractivity contribution in [2.45, 2.75) is 57.6 Å². The van der Waals surface area contributed by atoms with Crippen LogP contribution >= 0.6 is 11.8 Å². The van der Waals surface area contributed by atoms with Crippen LogP contribution in [0.1, 0.15) is 62.9 Å². The number of aromatic nitrogens is 2. The highest BCUT2D eigenvalue weighted by molar-refractivity contribution is 7.99. The van der Waals surface area contributed by atoms with E-state index in [1.807, 2.05) is 11.8 Å². The molecule has 19 heavy (non-hydrogen) atoms. The second-order valence-electron chi connectivity index (χ2n) is 6.10. The number of thioether (sulfide) groups is 1. The summed E-state index contributed by atoms with van der Waals surface area (Å²) >= 11 is 1.96. The molecule has 2 heterocycles. The Morgan fingerprint density at radius 2 is 2.21 bits per heavy atom. The van der Waals surface area contributed by atoms with E-state index < -0.39 is 0 Å². The normalized spacial score (nSPS) is 20.7. The van der Waals surface area contributed by atoms with Crippen LogP contribution in [0.3, 0.4) is 0 Å². The van der Waals surface area contributed by atoms with E-state index in [1.54, 1.807) is 0 Å². The second-order valence-corrected chi connectivity index (χ2v) is 7.42. The predicted octanol–water partition coefficient (Wildman–Crippen LogP) is 3.34. The standard InChI is InChI=1S/C14H25N3OS/c1-14(2,8-9-15)7-6-12-16-13(17-18-12)11-5-3-4-10-19-11/h11H,3-10,15H2,1-2H3. The van der Waals surface area contributed by atoms with Gasteiger partial charge in [-0.3, -0.25) is 0 Å². The lowest BCUT2D eigenvalue weighted by Gasteiger charge is -2.22. The number of hydrogen-bond acceptors (Lipinski definition) is 5. The second kappa shape index (κ2) is 6.75. The van der Waals surface area contributed by atoms with Gasteiger partial charge in [0, 0.05) is 6.42 Å². The summed E-state index contributed by atoms with van der Waals surface area (Å²) in [7, 11) is 0. The van der Waals surface area contributed by atoms with E-state index in [0.29, 0.717) is 5.25 Å². The molecule has 0 saturated carbocycles. The molecule has 5 heteroatoms. The van der Waals surface area contributed by atoms with Crippen molar-refractivity contribution in [3.63, 3.8) is 0 Å². The lowest BCUT2D eigenvalue weighted by Crippen LogP contribution is -2.17. The third-order valence-corrected chi connectivity index (χ3v) is 5.16. The molecular formula is C14H25N3OS. The predicted molar refractivity (Wildman–Crippen MR) is 79.1 cm³/mol. The number of aryl methyl sites for hydroxylation is 1. The van der Waals surface area contributed by atoms with E-state index in [4.69, 9.17) is 10.3 Å². The zero-order chi connectivity index (χ0) is 13.7. The van der Waals surface area contributed by atoms with Gasteiger partial charge in [0.2, 0.25) is 5.89 Å². The Hall–Kier alpha value is -0.550. The topological polar surface area (TPSA) is 64.9 Å². The van der Waals surface area contributed by atoms with Crippen LogP contribution in [0.2, 0.25) is 0 Å². The molecule has 1 fully saturated rings. The molecule has 1 saturated heterocycles. The van der Waals surface area contributed by atoms with Gasteiger partial charge in [-0.1, -0.05) is 25.4 Å². The average molecular weight is 283 g/mol. The molecule has 1 aliphatic heterocycles. The molecule has 1 aliphatic rings. The Morgan fingerprint density at radius 3 is 2.89 bits per heavy atom. The molecule has 0 bridgehead atoms. The van der Waals surface area contributed by atoms with Gasteiger partial charge in [0.25, 0.3) is 0 Å². The minimum Gasteiger partial charge on any atom is -0.339 e. The van der Waals surface area contributed by atoms with Crippen molar-refractivity contribution in [1.29, 1.82) is 0 Å². The number of hydrogen-bond donors (Lipinski definition) is 1. The Bertz CT molecular complexity index is 386. The van der Waals surface area contributed by atoms with Crippen LogP contribution in [0.5, 0.6) is 0 Å².